The van der Waals surface area contributed by atoms with E-state index in [-0.39, 0.29) is 29.4 Å². The molecule has 1 saturated heterocycles. The molecule has 0 unspecified atom stereocenters. The Bertz CT molecular complexity index is 1420. The van der Waals surface area contributed by atoms with Crippen molar-refractivity contribution in [3.8, 4) is 22.7 Å². The van der Waals surface area contributed by atoms with E-state index in [1.165, 1.54) is 4.90 Å². The Kier molecular flexibility index (Phi) is 6.55. The summed E-state index contributed by atoms with van der Waals surface area (Å²) in [5.41, 5.74) is 3.89. The number of carbonyl (C=O) groups excluding carboxylic acids is 3. The first kappa shape index (κ1) is 23.4. The van der Waals surface area contributed by atoms with Crippen LogP contribution in [0, 0.1) is 0 Å². The van der Waals surface area contributed by atoms with Crippen LogP contribution in [0.1, 0.15) is 15.9 Å². The van der Waals surface area contributed by atoms with Gasteiger partial charge in [0.05, 0.1) is 30.7 Å². The summed E-state index contributed by atoms with van der Waals surface area (Å²) in [5, 5.41) is 7.39. The summed E-state index contributed by atoms with van der Waals surface area (Å²) >= 11 is 1.01. The van der Waals surface area contributed by atoms with E-state index in [9.17, 15) is 14.4 Å². The highest BCUT2D eigenvalue weighted by atomic mass is 32.2. The van der Waals surface area contributed by atoms with Gasteiger partial charge >= 0.3 is 0 Å². The number of carbonyl (C=O) groups is 3. The van der Waals surface area contributed by atoms with Crippen LogP contribution in [-0.2, 0) is 11.3 Å². The van der Waals surface area contributed by atoms with Gasteiger partial charge in [-0.15, -0.1) is 0 Å². The van der Waals surface area contributed by atoms with Gasteiger partial charge in [-0.25, -0.2) is 4.68 Å². The van der Waals surface area contributed by atoms with E-state index in [1.54, 1.807) is 42.3 Å². The van der Waals surface area contributed by atoms with Crippen molar-refractivity contribution in [2.24, 2.45) is 0 Å². The van der Waals surface area contributed by atoms with Crippen LogP contribution >= 0.6 is 11.8 Å². The molecule has 1 aliphatic heterocycles. The molecule has 5 rings (SSSR count). The Morgan fingerprint density at radius 3 is 2.50 bits per heavy atom. The fraction of sp³-hybridized carbons (Fsp3) is 0.111. The van der Waals surface area contributed by atoms with Gasteiger partial charge in [0.15, 0.2) is 0 Å². The molecular formula is C27H22N4O4S. The average Bonchev–Trinajstić information content (AvgIpc) is 3.50. The van der Waals surface area contributed by atoms with Crippen LogP contribution in [0.15, 0.2) is 85.1 Å². The van der Waals surface area contributed by atoms with Crippen molar-refractivity contribution in [2.45, 2.75) is 6.54 Å². The van der Waals surface area contributed by atoms with E-state index in [2.05, 4.69) is 5.32 Å². The van der Waals surface area contributed by atoms with Gasteiger partial charge in [-0.1, -0.05) is 54.2 Å². The maximum absolute atomic E-state index is 13.4. The molecule has 0 saturated carbocycles. The van der Waals surface area contributed by atoms with Gasteiger partial charge in [-0.3, -0.25) is 19.3 Å². The number of hydrogen-bond acceptors (Lipinski definition) is 6. The molecular weight excluding hydrogens is 476 g/mol. The molecule has 0 radical (unpaired) electrons. The maximum Gasteiger partial charge on any atom is 0.289 e. The first-order chi connectivity index (χ1) is 17.5. The van der Waals surface area contributed by atoms with Crippen molar-refractivity contribution in [1.82, 2.24) is 14.7 Å². The minimum atomic E-state index is -0.316. The van der Waals surface area contributed by atoms with Crippen molar-refractivity contribution in [3.05, 3.63) is 96.2 Å². The number of ether oxygens (including phenoxy) is 1. The van der Waals surface area contributed by atoms with Crippen molar-refractivity contribution in [1.29, 1.82) is 0 Å². The van der Waals surface area contributed by atoms with Crippen molar-refractivity contribution in [3.63, 3.8) is 0 Å². The topological polar surface area (TPSA) is 93.5 Å². The van der Waals surface area contributed by atoms with Crippen LogP contribution in [0.25, 0.3) is 16.9 Å². The van der Waals surface area contributed by atoms with Gasteiger partial charge in [0.25, 0.3) is 11.1 Å². The standard InChI is InChI=1S/C27H22N4O4S/c1-35-22-9-5-6-19(14-22)25-23(16-31(29-25)21-7-3-2-4-8-21)26(33)28-20-12-10-18(11-13-20)15-30-24(32)17-36-27(30)34/h2-14,16H,15,17H2,1H3,(H,28,33). The van der Waals surface area contributed by atoms with Crippen LogP contribution in [0.4, 0.5) is 10.5 Å². The summed E-state index contributed by atoms with van der Waals surface area (Å²) in [4.78, 5) is 38.3. The maximum atomic E-state index is 13.4. The average molecular weight is 499 g/mol. The fourth-order valence-electron chi connectivity index (χ4n) is 3.85. The Morgan fingerprint density at radius 1 is 1.03 bits per heavy atom. The van der Waals surface area contributed by atoms with Gasteiger partial charge in [0, 0.05) is 17.4 Å². The van der Waals surface area contributed by atoms with Gasteiger partial charge in [-0.2, -0.15) is 5.10 Å². The third-order valence-corrected chi connectivity index (χ3v) is 6.57. The number of nitrogens with zero attached hydrogens (tertiary/aromatic N) is 3. The number of rotatable bonds is 7. The molecule has 0 aliphatic carbocycles. The second-order valence-corrected chi connectivity index (χ2v) is 9.02. The molecule has 1 aliphatic rings. The van der Waals surface area contributed by atoms with Crippen LogP contribution in [0.2, 0.25) is 0 Å². The minimum absolute atomic E-state index is 0.180. The number of benzene rings is 3. The zero-order chi connectivity index (χ0) is 25.1. The molecule has 1 aromatic heterocycles. The number of para-hydroxylation sites is 1. The number of nitrogens with one attached hydrogen (secondary N) is 1. The molecule has 0 spiro atoms. The first-order valence-corrected chi connectivity index (χ1v) is 12.2. The Balaban J connectivity index is 1.41. The molecule has 8 nitrogen and oxygen atoms in total. The number of anilines is 1. The van der Waals surface area contributed by atoms with Crippen molar-refractivity contribution in [2.75, 3.05) is 18.2 Å². The lowest BCUT2D eigenvalue weighted by atomic mass is 10.1. The summed E-state index contributed by atoms with van der Waals surface area (Å²) in [6, 6.07) is 24.0. The lowest BCUT2D eigenvalue weighted by Gasteiger charge is -2.13. The summed E-state index contributed by atoms with van der Waals surface area (Å²) in [6.07, 6.45) is 1.70. The SMILES string of the molecule is COc1cccc(-c2nn(-c3ccccc3)cc2C(=O)Nc2ccc(CN3C(=O)CSC3=O)cc2)c1. The third-order valence-electron chi connectivity index (χ3n) is 5.72. The fourth-order valence-corrected chi connectivity index (χ4v) is 4.57. The zero-order valence-electron chi connectivity index (χ0n) is 19.4. The number of imide groups is 1. The van der Waals surface area contributed by atoms with E-state index in [4.69, 9.17) is 9.84 Å². The van der Waals surface area contributed by atoms with Gasteiger partial charge < -0.3 is 10.1 Å². The molecule has 0 bridgehead atoms. The molecule has 2 heterocycles. The van der Waals surface area contributed by atoms with Crippen LogP contribution in [-0.4, -0.2) is 44.6 Å². The quantitative estimate of drug-likeness (QED) is 0.386. The normalized spacial score (nSPS) is 13.2. The molecule has 4 aromatic rings. The van der Waals surface area contributed by atoms with Gasteiger partial charge in [-0.05, 0) is 42.0 Å². The molecule has 9 heteroatoms. The lowest BCUT2D eigenvalue weighted by molar-refractivity contribution is -0.125. The number of methoxy groups -OCH3 is 1. The Morgan fingerprint density at radius 2 is 1.81 bits per heavy atom. The predicted molar refractivity (Wildman–Crippen MR) is 138 cm³/mol. The van der Waals surface area contributed by atoms with Crippen LogP contribution in [0.5, 0.6) is 5.75 Å². The van der Waals surface area contributed by atoms with Gasteiger partial charge in [0.1, 0.15) is 11.4 Å². The number of hydrogen-bond donors (Lipinski definition) is 1. The molecule has 3 aromatic carbocycles. The number of amides is 3. The smallest absolute Gasteiger partial charge is 0.289 e. The Labute approximate surface area is 211 Å². The second-order valence-electron chi connectivity index (χ2n) is 8.09. The van der Waals surface area contributed by atoms with Gasteiger partial charge in [0.2, 0.25) is 5.91 Å². The number of aromatic nitrogens is 2. The highest BCUT2D eigenvalue weighted by Gasteiger charge is 2.29. The Hall–Kier alpha value is -4.37. The molecule has 1 fully saturated rings. The molecule has 3 amide bonds. The monoisotopic (exact) mass is 498 g/mol. The molecule has 36 heavy (non-hydrogen) atoms. The molecule has 0 atom stereocenters. The van der Waals surface area contributed by atoms with E-state index >= 15 is 0 Å². The van der Waals surface area contributed by atoms with Crippen molar-refractivity contribution < 1.29 is 19.1 Å². The van der Waals surface area contributed by atoms with E-state index < -0.39 is 0 Å². The van der Waals surface area contributed by atoms with Crippen molar-refractivity contribution >= 4 is 34.5 Å². The van der Waals surface area contributed by atoms with E-state index in [0.29, 0.717) is 22.7 Å². The highest BCUT2D eigenvalue weighted by Crippen LogP contribution is 2.28. The van der Waals surface area contributed by atoms with Crippen LogP contribution < -0.4 is 10.1 Å². The molecule has 1 N–H and O–H groups in total. The summed E-state index contributed by atoms with van der Waals surface area (Å²) in [5.74, 6) is 0.336. The van der Waals surface area contributed by atoms with E-state index in [0.717, 1.165) is 28.6 Å². The highest BCUT2D eigenvalue weighted by molar-refractivity contribution is 8.14. The summed E-state index contributed by atoms with van der Waals surface area (Å²) in [7, 11) is 1.59. The second kappa shape index (κ2) is 10.1. The third kappa shape index (κ3) is 4.87. The van der Waals surface area contributed by atoms with E-state index in [1.807, 2.05) is 54.6 Å². The first-order valence-electron chi connectivity index (χ1n) is 11.2. The lowest BCUT2D eigenvalue weighted by Crippen LogP contribution is -2.27. The summed E-state index contributed by atoms with van der Waals surface area (Å²) < 4.78 is 7.03. The van der Waals surface area contributed by atoms with Crippen LogP contribution in [0.3, 0.4) is 0 Å². The zero-order valence-corrected chi connectivity index (χ0v) is 20.2. The number of thioether (sulfide) groups is 1. The molecule has 180 valence electrons. The minimum Gasteiger partial charge on any atom is -0.497 e. The largest absolute Gasteiger partial charge is 0.497 e. The summed E-state index contributed by atoms with van der Waals surface area (Å²) in [6.45, 7) is 0.211. The predicted octanol–water partition coefficient (Wildman–Crippen LogP) is 5.00.